The van der Waals surface area contributed by atoms with Crippen molar-refractivity contribution in [3.05, 3.63) is 68.5 Å². The van der Waals surface area contributed by atoms with Gasteiger partial charge in [-0.05, 0) is 46.5 Å². The Labute approximate surface area is 149 Å². The molecule has 0 atom stereocenters. The van der Waals surface area contributed by atoms with Crippen LogP contribution in [0.2, 0.25) is 0 Å². The van der Waals surface area contributed by atoms with E-state index in [0.717, 1.165) is 32.8 Å². The monoisotopic (exact) mass is 351 g/mol. The summed E-state index contributed by atoms with van der Waals surface area (Å²) in [6.45, 7) is 4.40. The Hall–Kier alpha value is -2.24. The van der Waals surface area contributed by atoms with Crippen LogP contribution < -0.4 is 5.32 Å². The molecule has 4 rings (SSSR count). The van der Waals surface area contributed by atoms with Gasteiger partial charge >= 0.3 is 0 Å². The Balaban J connectivity index is 1.87. The maximum absolute atomic E-state index is 4.83. The van der Waals surface area contributed by atoms with Gasteiger partial charge in [0.15, 0.2) is 5.84 Å². The van der Waals surface area contributed by atoms with Crippen LogP contribution in [0.15, 0.2) is 63.2 Å². The van der Waals surface area contributed by atoms with Gasteiger partial charge in [-0.25, -0.2) is 9.98 Å². The maximum atomic E-state index is 4.83. The first-order chi connectivity index (χ1) is 11.7. The van der Waals surface area contributed by atoms with Crippen molar-refractivity contribution in [2.24, 2.45) is 9.98 Å². The van der Waals surface area contributed by atoms with Gasteiger partial charge in [0.05, 0.1) is 21.1 Å². The Morgan fingerprint density at radius 2 is 1.67 bits per heavy atom. The van der Waals surface area contributed by atoms with Crippen LogP contribution >= 0.6 is 22.7 Å². The summed E-state index contributed by atoms with van der Waals surface area (Å²) < 4.78 is 0. The van der Waals surface area contributed by atoms with E-state index in [-0.39, 0.29) is 0 Å². The van der Waals surface area contributed by atoms with Gasteiger partial charge < -0.3 is 5.32 Å². The number of anilines is 1. The van der Waals surface area contributed by atoms with E-state index < -0.39 is 0 Å². The predicted octanol–water partition coefficient (Wildman–Crippen LogP) is 5.88. The first-order valence-electron chi connectivity index (χ1n) is 7.87. The largest absolute Gasteiger partial charge is 0.337 e. The molecule has 0 spiro atoms. The second kappa shape index (κ2) is 6.34. The molecule has 120 valence electrons. The van der Waals surface area contributed by atoms with Crippen LogP contribution in [0.1, 0.15) is 35.1 Å². The molecule has 24 heavy (non-hydrogen) atoms. The van der Waals surface area contributed by atoms with Crippen molar-refractivity contribution < 1.29 is 0 Å². The number of hydrogen-bond donors (Lipinski definition) is 1. The summed E-state index contributed by atoms with van der Waals surface area (Å²) in [4.78, 5) is 11.8. The molecule has 0 saturated heterocycles. The zero-order valence-electron chi connectivity index (χ0n) is 13.5. The van der Waals surface area contributed by atoms with Gasteiger partial charge in [0, 0.05) is 0 Å². The summed E-state index contributed by atoms with van der Waals surface area (Å²) in [5.41, 5.74) is 3.24. The smallest absolute Gasteiger partial charge is 0.172 e. The standard InChI is InChI=1S/C19H17N3S2/c1-12(2)13-7-8-14-15(11-13)21-19(17-6-4-10-24-17)22-18(20-14)16-5-3-9-23-16/h3-12H,1-2H3,(H,20,21,22). The Kier molecular flexibility index (Phi) is 4.04. The van der Waals surface area contributed by atoms with Gasteiger partial charge in [0.2, 0.25) is 0 Å². The fourth-order valence-electron chi connectivity index (χ4n) is 2.56. The molecule has 3 nitrogen and oxygen atoms in total. The third-order valence-electron chi connectivity index (χ3n) is 3.88. The van der Waals surface area contributed by atoms with E-state index in [1.54, 1.807) is 22.7 Å². The topological polar surface area (TPSA) is 36.8 Å². The van der Waals surface area contributed by atoms with Crippen LogP contribution in [0.4, 0.5) is 11.4 Å². The molecule has 0 radical (unpaired) electrons. The van der Waals surface area contributed by atoms with Gasteiger partial charge in [-0.2, -0.15) is 0 Å². The van der Waals surface area contributed by atoms with E-state index >= 15 is 0 Å². The third kappa shape index (κ3) is 2.92. The number of nitrogens with zero attached hydrogens (tertiary/aromatic N) is 2. The maximum Gasteiger partial charge on any atom is 0.172 e. The van der Waals surface area contributed by atoms with E-state index in [1.807, 2.05) is 12.1 Å². The number of thiophene rings is 2. The molecule has 2 aromatic heterocycles. The number of hydrogen-bond acceptors (Lipinski definition) is 5. The Bertz CT molecular complexity index is 904. The summed E-state index contributed by atoms with van der Waals surface area (Å²) in [7, 11) is 0. The summed E-state index contributed by atoms with van der Waals surface area (Å²) >= 11 is 3.34. The lowest BCUT2D eigenvalue weighted by molar-refractivity contribution is 0.867. The van der Waals surface area contributed by atoms with Gasteiger partial charge in [0.25, 0.3) is 0 Å². The molecule has 3 aromatic rings. The molecule has 0 saturated carbocycles. The minimum atomic E-state index is 0.475. The molecule has 3 heterocycles. The van der Waals surface area contributed by atoms with E-state index in [9.17, 15) is 0 Å². The summed E-state index contributed by atoms with van der Waals surface area (Å²) in [5.74, 6) is 2.09. The normalized spacial score (nSPS) is 13.8. The van der Waals surface area contributed by atoms with Crippen molar-refractivity contribution in [2.45, 2.75) is 19.8 Å². The van der Waals surface area contributed by atoms with E-state index in [1.165, 1.54) is 5.56 Å². The molecule has 1 aliphatic rings. The summed E-state index contributed by atoms with van der Waals surface area (Å²) in [6.07, 6.45) is 0. The molecule has 1 aromatic carbocycles. The molecule has 1 N–H and O–H groups in total. The quantitative estimate of drug-likeness (QED) is 0.628. The van der Waals surface area contributed by atoms with Crippen LogP contribution in [0.3, 0.4) is 0 Å². The zero-order chi connectivity index (χ0) is 16.5. The highest BCUT2D eigenvalue weighted by molar-refractivity contribution is 7.12. The number of benzene rings is 1. The minimum Gasteiger partial charge on any atom is -0.337 e. The van der Waals surface area contributed by atoms with Crippen molar-refractivity contribution in [2.75, 3.05) is 5.32 Å². The SMILES string of the molecule is CC(C)c1ccc2c(c1)NC(c1cccs1)=NC(c1cccs1)=N2. The molecule has 0 aliphatic carbocycles. The summed E-state index contributed by atoms with van der Waals surface area (Å²) in [6, 6.07) is 14.6. The molecule has 0 unspecified atom stereocenters. The van der Waals surface area contributed by atoms with E-state index in [0.29, 0.717) is 5.92 Å². The van der Waals surface area contributed by atoms with Gasteiger partial charge in [0.1, 0.15) is 5.84 Å². The van der Waals surface area contributed by atoms with Crippen LogP contribution in [0.5, 0.6) is 0 Å². The van der Waals surface area contributed by atoms with Gasteiger partial charge in [-0.3, -0.25) is 0 Å². The third-order valence-corrected chi connectivity index (χ3v) is 5.62. The van der Waals surface area contributed by atoms with Crippen molar-refractivity contribution in [1.29, 1.82) is 0 Å². The predicted molar refractivity (Wildman–Crippen MR) is 106 cm³/mol. The number of rotatable bonds is 3. The Morgan fingerprint density at radius 1 is 0.917 bits per heavy atom. The molecule has 0 fully saturated rings. The second-order valence-electron chi connectivity index (χ2n) is 5.91. The number of fused-ring (bicyclic) bond motifs is 1. The zero-order valence-corrected chi connectivity index (χ0v) is 15.1. The molecule has 1 aliphatic heterocycles. The summed E-state index contributed by atoms with van der Waals surface area (Å²) in [5, 5.41) is 7.62. The van der Waals surface area contributed by atoms with Gasteiger partial charge in [-0.1, -0.05) is 32.0 Å². The number of amidine groups is 2. The number of aliphatic imine (C=N–C) groups is 2. The molecular weight excluding hydrogens is 334 g/mol. The van der Waals surface area contributed by atoms with Crippen molar-refractivity contribution >= 4 is 45.7 Å². The molecule has 0 bridgehead atoms. The minimum absolute atomic E-state index is 0.475. The fraction of sp³-hybridized carbons (Fsp3) is 0.158. The first kappa shape index (κ1) is 15.3. The highest BCUT2D eigenvalue weighted by Crippen LogP contribution is 2.33. The van der Waals surface area contributed by atoms with Crippen LogP contribution in [-0.2, 0) is 0 Å². The highest BCUT2D eigenvalue weighted by Gasteiger charge is 2.17. The molecular formula is C19H17N3S2. The Morgan fingerprint density at radius 3 is 2.33 bits per heavy atom. The van der Waals surface area contributed by atoms with Crippen LogP contribution in [-0.4, -0.2) is 11.7 Å². The van der Waals surface area contributed by atoms with Crippen LogP contribution in [0, 0.1) is 0 Å². The second-order valence-corrected chi connectivity index (χ2v) is 7.80. The van der Waals surface area contributed by atoms with Crippen molar-refractivity contribution in [3.63, 3.8) is 0 Å². The highest BCUT2D eigenvalue weighted by atomic mass is 32.1. The average molecular weight is 352 g/mol. The van der Waals surface area contributed by atoms with Gasteiger partial charge in [-0.15, -0.1) is 22.7 Å². The lowest BCUT2D eigenvalue weighted by Crippen LogP contribution is -2.13. The van der Waals surface area contributed by atoms with E-state index in [2.05, 4.69) is 60.3 Å². The lowest BCUT2D eigenvalue weighted by Gasteiger charge is -2.12. The first-order valence-corrected chi connectivity index (χ1v) is 9.63. The van der Waals surface area contributed by atoms with Crippen LogP contribution in [0.25, 0.3) is 0 Å². The van der Waals surface area contributed by atoms with Crippen molar-refractivity contribution in [3.8, 4) is 0 Å². The number of nitrogens with one attached hydrogen (secondary N) is 1. The fourth-order valence-corrected chi connectivity index (χ4v) is 3.88. The lowest BCUT2D eigenvalue weighted by atomic mass is 10.0. The average Bonchev–Trinajstić information content (AvgIpc) is 3.25. The molecule has 0 amide bonds. The van der Waals surface area contributed by atoms with E-state index in [4.69, 9.17) is 9.98 Å². The molecule has 5 heteroatoms. The van der Waals surface area contributed by atoms with Crippen molar-refractivity contribution in [1.82, 2.24) is 0 Å².